The summed E-state index contributed by atoms with van der Waals surface area (Å²) in [6, 6.07) is 5.45. The van der Waals surface area contributed by atoms with Crippen molar-refractivity contribution in [3.05, 3.63) is 23.8 Å². The molecule has 16 heavy (non-hydrogen) atoms. The molecule has 0 heterocycles. The lowest BCUT2D eigenvalue weighted by Gasteiger charge is -2.09. The Morgan fingerprint density at radius 1 is 1.31 bits per heavy atom. The topological polar surface area (TPSA) is 61.6 Å². The van der Waals surface area contributed by atoms with Crippen LogP contribution in [-0.2, 0) is 4.79 Å². The quantitative estimate of drug-likeness (QED) is 0.851. The van der Waals surface area contributed by atoms with E-state index in [0.29, 0.717) is 11.5 Å². The number of carbonyl (C=O) groups excluding carboxylic acids is 1. The molecule has 4 heteroatoms. The summed E-state index contributed by atoms with van der Waals surface area (Å²) in [6.45, 7) is 5.81. The van der Waals surface area contributed by atoms with Crippen LogP contribution in [0.4, 0.5) is 0 Å². The van der Waals surface area contributed by atoms with Gasteiger partial charge in [-0.05, 0) is 24.6 Å². The van der Waals surface area contributed by atoms with Crippen LogP contribution in [0.2, 0.25) is 0 Å². The number of benzene rings is 1. The van der Waals surface area contributed by atoms with Crippen molar-refractivity contribution in [1.82, 2.24) is 0 Å². The summed E-state index contributed by atoms with van der Waals surface area (Å²) in [5.74, 6) is 0.621. The first-order valence-corrected chi connectivity index (χ1v) is 5.19. The minimum Gasteiger partial charge on any atom is -0.493 e. The van der Waals surface area contributed by atoms with Gasteiger partial charge in [-0.2, -0.15) is 0 Å². The predicted molar refractivity (Wildman–Crippen MR) is 63.8 cm³/mol. The highest BCUT2D eigenvalue weighted by atomic mass is 16.5. The van der Waals surface area contributed by atoms with Crippen molar-refractivity contribution in [3.8, 4) is 11.5 Å². The number of amides is 1. The molecule has 0 aliphatic rings. The molecule has 0 spiro atoms. The average molecular weight is 225 g/mol. The molecule has 0 fully saturated rings. The standard InChI is InChI=1S/C10H13NO3.C2H6/c1-7-3-4-8(9(5-7)13-2)14-6-10(11)12;1-2/h3-5H,6H2,1-2H3,(H2,11,12);1-2H3. The summed E-state index contributed by atoms with van der Waals surface area (Å²) >= 11 is 0. The van der Waals surface area contributed by atoms with Gasteiger partial charge in [0.25, 0.3) is 5.91 Å². The Hall–Kier alpha value is -1.71. The van der Waals surface area contributed by atoms with Crippen LogP contribution >= 0.6 is 0 Å². The Morgan fingerprint density at radius 3 is 2.44 bits per heavy atom. The van der Waals surface area contributed by atoms with Crippen LogP contribution in [0.15, 0.2) is 18.2 Å². The lowest BCUT2D eigenvalue weighted by Crippen LogP contribution is -2.20. The largest absolute Gasteiger partial charge is 0.493 e. The molecule has 90 valence electrons. The normalized spacial score (nSPS) is 8.75. The molecule has 1 aromatic carbocycles. The van der Waals surface area contributed by atoms with Crippen LogP contribution < -0.4 is 15.2 Å². The van der Waals surface area contributed by atoms with E-state index in [1.165, 1.54) is 0 Å². The lowest BCUT2D eigenvalue weighted by molar-refractivity contribution is -0.119. The van der Waals surface area contributed by atoms with Gasteiger partial charge in [-0.1, -0.05) is 19.9 Å². The summed E-state index contributed by atoms with van der Waals surface area (Å²) in [7, 11) is 1.55. The van der Waals surface area contributed by atoms with E-state index in [1.54, 1.807) is 13.2 Å². The smallest absolute Gasteiger partial charge is 0.255 e. The Labute approximate surface area is 96.4 Å². The molecule has 0 aromatic heterocycles. The highest BCUT2D eigenvalue weighted by molar-refractivity contribution is 5.75. The van der Waals surface area contributed by atoms with Gasteiger partial charge in [0.2, 0.25) is 0 Å². The van der Waals surface area contributed by atoms with Crippen molar-refractivity contribution in [2.24, 2.45) is 5.73 Å². The van der Waals surface area contributed by atoms with Crippen LogP contribution in [0.25, 0.3) is 0 Å². The molecule has 1 amide bonds. The minimum atomic E-state index is -0.507. The van der Waals surface area contributed by atoms with Gasteiger partial charge in [0.15, 0.2) is 18.1 Å². The molecule has 1 rings (SSSR count). The molecule has 2 N–H and O–H groups in total. The van der Waals surface area contributed by atoms with Gasteiger partial charge in [0.1, 0.15) is 0 Å². The Balaban J connectivity index is 0.00000106. The lowest BCUT2D eigenvalue weighted by atomic mass is 10.2. The van der Waals surface area contributed by atoms with Crippen LogP contribution in [0.3, 0.4) is 0 Å². The number of primary amides is 1. The Bertz CT molecular complexity index is 337. The van der Waals surface area contributed by atoms with Crippen LogP contribution in [0.5, 0.6) is 11.5 Å². The van der Waals surface area contributed by atoms with Crippen molar-refractivity contribution in [1.29, 1.82) is 0 Å². The van der Waals surface area contributed by atoms with E-state index in [-0.39, 0.29) is 6.61 Å². The van der Waals surface area contributed by atoms with Gasteiger partial charge < -0.3 is 15.2 Å². The van der Waals surface area contributed by atoms with E-state index < -0.39 is 5.91 Å². The van der Waals surface area contributed by atoms with E-state index in [1.807, 2.05) is 32.9 Å². The van der Waals surface area contributed by atoms with Gasteiger partial charge in [0, 0.05) is 0 Å². The molecule has 0 unspecified atom stereocenters. The third-order valence-corrected chi connectivity index (χ3v) is 1.69. The molecule has 0 saturated heterocycles. The third-order valence-electron chi connectivity index (χ3n) is 1.69. The fourth-order valence-corrected chi connectivity index (χ4v) is 1.04. The summed E-state index contributed by atoms with van der Waals surface area (Å²) in [5, 5.41) is 0. The number of carbonyl (C=O) groups is 1. The van der Waals surface area contributed by atoms with E-state index in [2.05, 4.69) is 0 Å². The molecular weight excluding hydrogens is 206 g/mol. The van der Waals surface area contributed by atoms with Crippen molar-refractivity contribution in [2.75, 3.05) is 13.7 Å². The van der Waals surface area contributed by atoms with Crippen LogP contribution in [-0.4, -0.2) is 19.6 Å². The second kappa shape index (κ2) is 7.56. The summed E-state index contributed by atoms with van der Waals surface area (Å²) in [5.41, 5.74) is 6.02. The fourth-order valence-electron chi connectivity index (χ4n) is 1.04. The second-order valence-corrected chi connectivity index (χ2v) is 2.91. The molecule has 1 aromatic rings. The first-order valence-electron chi connectivity index (χ1n) is 5.19. The summed E-state index contributed by atoms with van der Waals surface area (Å²) in [4.78, 5) is 10.5. The molecular formula is C12H19NO3. The summed E-state index contributed by atoms with van der Waals surface area (Å²) < 4.78 is 10.2. The van der Waals surface area contributed by atoms with E-state index >= 15 is 0 Å². The SMILES string of the molecule is CC.COc1cc(C)ccc1OCC(N)=O. The van der Waals surface area contributed by atoms with Gasteiger partial charge in [0.05, 0.1) is 7.11 Å². The predicted octanol–water partition coefficient (Wildman–Crippen LogP) is 1.89. The number of hydrogen-bond acceptors (Lipinski definition) is 3. The van der Waals surface area contributed by atoms with Crippen molar-refractivity contribution >= 4 is 5.91 Å². The molecule has 0 aliphatic carbocycles. The molecule has 0 saturated carbocycles. The molecule has 0 atom stereocenters. The Kier molecular flexibility index (Phi) is 6.76. The number of aryl methyl sites for hydroxylation is 1. The highest BCUT2D eigenvalue weighted by Gasteiger charge is 2.05. The van der Waals surface area contributed by atoms with Crippen LogP contribution in [0.1, 0.15) is 19.4 Å². The number of hydrogen-bond donors (Lipinski definition) is 1. The van der Waals surface area contributed by atoms with Gasteiger partial charge in [-0.3, -0.25) is 4.79 Å². The molecule has 0 aliphatic heterocycles. The van der Waals surface area contributed by atoms with E-state index in [4.69, 9.17) is 15.2 Å². The van der Waals surface area contributed by atoms with Gasteiger partial charge in [-0.15, -0.1) is 0 Å². The maximum atomic E-state index is 10.5. The maximum absolute atomic E-state index is 10.5. The second-order valence-electron chi connectivity index (χ2n) is 2.91. The number of nitrogens with two attached hydrogens (primary N) is 1. The zero-order valence-corrected chi connectivity index (χ0v) is 10.2. The summed E-state index contributed by atoms with van der Waals surface area (Å²) in [6.07, 6.45) is 0. The number of ether oxygens (including phenoxy) is 2. The maximum Gasteiger partial charge on any atom is 0.255 e. The molecule has 0 radical (unpaired) electrons. The zero-order chi connectivity index (χ0) is 12.6. The van der Waals surface area contributed by atoms with Crippen molar-refractivity contribution < 1.29 is 14.3 Å². The van der Waals surface area contributed by atoms with E-state index in [9.17, 15) is 4.79 Å². The first-order chi connectivity index (χ1) is 7.63. The monoisotopic (exact) mass is 225 g/mol. The van der Waals surface area contributed by atoms with Gasteiger partial charge in [-0.25, -0.2) is 0 Å². The van der Waals surface area contributed by atoms with Crippen LogP contribution in [0, 0.1) is 6.92 Å². The van der Waals surface area contributed by atoms with Crippen molar-refractivity contribution in [3.63, 3.8) is 0 Å². The third kappa shape index (κ3) is 4.68. The van der Waals surface area contributed by atoms with Crippen molar-refractivity contribution in [2.45, 2.75) is 20.8 Å². The molecule has 0 bridgehead atoms. The zero-order valence-electron chi connectivity index (χ0n) is 10.2. The van der Waals surface area contributed by atoms with E-state index in [0.717, 1.165) is 5.56 Å². The highest BCUT2D eigenvalue weighted by Crippen LogP contribution is 2.27. The van der Waals surface area contributed by atoms with Gasteiger partial charge >= 0.3 is 0 Å². The average Bonchev–Trinajstić information content (AvgIpc) is 2.29. The number of methoxy groups -OCH3 is 1. The Morgan fingerprint density at radius 2 is 1.94 bits per heavy atom. The first kappa shape index (κ1) is 14.3. The number of rotatable bonds is 4. The fraction of sp³-hybridized carbons (Fsp3) is 0.417. The molecule has 4 nitrogen and oxygen atoms in total. The minimum absolute atomic E-state index is 0.139.